The van der Waals surface area contributed by atoms with Crippen LogP contribution in [-0.2, 0) is 12.8 Å². The van der Waals surface area contributed by atoms with Crippen LogP contribution < -0.4 is 5.32 Å². The van der Waals surface area contributed by atoms with E-state index in [1.165, 1.54) is 11.1 Å². The van der Waals surface area contributed by atoms with Crippen molar-refractivity contribution in [2.75, 3.05) is 13.2 Å². The van der Waals surface area contributed by atoms with E-state index in [0.717, 1.165) is 25.8 Å². The molecule has 0 saturated carbocycles. The van der Waals surface area contributed by atoms with E-state index in [0.29, 0.717) is 0 Å². The Labute approximate surface area is 127 Å². The largest absolute Gasteiger partial charge is 0.394 e. The SMILES string of the molecule is CCCNC(CO)(Cc1ccccc1)Cc1ccccc1. The van der Waals surface area contributed by atoms with Gasteiger partial charge in [-0.3, -0.25) is 0 Å². The van der Waals surface area contributed by atoms with Crippen LogP contribution in [0.1, 0.15) is 24.5 Å². The van der Waals surface area contributed by atoms with Crippen molar-refractivity contribution < 1.29 is 5.11 Å². The van der Waals surface area contributed by atoms with Crippen LogP contribution in [0.5, 0.6) is 0 Å². The average Bonchev–Trinajstić information content (AvgIpc) is 2.54. The van der Waals surface area contributed by atoms with E-state index in [4.69, 9.17) is 0 Å². The molecule has 0 radical (unpaired) electrons. The van der Waals surface area contributed by atoms with Gasteiger partial charge in [0.05, 0.1) is 6.61 Å². The standard InChI is InChI=1S/C19H25NO/c1-2-13-20-19(16-21,14-17-9-5-3-6-10-17)15-18-11-7-4-8-12-18/h3-12,20-21H,2,13-16H2,1H3. The number of rotatable bonds is 8. The normalized spacial score (nSPS) is 11.5. The van der Waals surface area contributed by atoms with Crippen molar-refractivity contribution >= 4 is 0 Å². The van der Waals surface area contributed by atoms with Crippen molar-refractivity contribution in [3.63, 3.8) is 0 Å². The predicted molar refractivity (Wildman–Crippen MR) is 88.4 cm³/mol. The van der Waals surface area contributed by atoms with Crippen LogP contribution in [0.3, 0.4) is 0 Å². The molecular formula is C19H25NO. The minimum Gasteiger partial charge on any atom is -0.394 e. The van der Waals surface area contributed by atoms with Gasteiger partial charge in [-0.05, 0) is 36.9 Å². The molecule has 0 bridgehead atoms. The van der Waals surface area contributed by atoms with Crippen molar-refractivity contribution in [1.29, 1.82) is 0 Å². The Morgan fingerprint density at radius 3 is 1.71 bits per heavy atom. The molecule has 0 saturated heterocycles. The van der Waals surface area contributed by atoms with Crippen LogP contribution in [0.25, 0.3) is 0 Å². The van der Waals surface area contributed by atoms with E-state index in [1.807, 2.05) is 12.1 Å². The quantitative estimate of drug-likeness (QED) is 0.780. The first-order valence-electron chi connectivity index (χ1n) is 7.72. The smallest absolute Gasteiger partial charge is 0.0619 e. The third-order valence-electron chi connectivity index (χ3n) is 3.82. The predicted octanol–water partition coefficient (Wildman–Crippen LogP) is 3.20. The van der Waals surface area contributed by atoms with E-state index in [-0.39, 0.29) is 12.1 Å². The summed E-state index contributed by atoms with van der Waals surface area (Å²) in [6.45, 7) is 3.21. The van der Waals surface area contributed by atoms with Crippen LogP contribution in [0, 0.1) is 0 Å². The molecule has 0 aliphatic carbocycles. The van der Waals surface area contributed by atoms with Gasteiger partial charge in [0.2, 0.25) is 0 Å². The fourth-order valence-electron chi connectivity index (χ4n) is 2.72. The maximum atomic E-state index is 10.1. The summed E-state index contributed by atoms with van der Waals surface area (Å²) < 4.78 is 0. The Morgan fingerprint density at radius 1 is 0.857 bits per heavy atom. The first-order chi connectivity index (χ1) is 10.3. The summed E-state index contributed by atoms with van der Waals surface area (Å²) in [5.74, 6) is 0. The number of nitrogens with one attached hydrogen (secondary N) is 1. The second kappa shape index (κ2) is 7.96. The Bertz CT molecular complexity index is 468. The lowest BCUT2D eigenvalue weighted by molar-refractivity contribution is 0.158. The van der Waals surface area contributed by atoms with Gasteiger partial charge >= 0.3 is 0 Å². The molecule has 0 aliphatic rings. The molecule has 2 N–H and O–H groups in total. The number of aliphatic hydroxyl groups excluding tert-OH is 1. The molecule has 0 amide bonds. The molecule has 0 spiro atoms. The maximum absolute atomic E-state index is 10.1. The highest BCUT2D eigenvalue weighted by atomic mass is 16.3. The molecule has 0 heterocycles. The van der Waals surface area contributed by atoms with Gasteiger partial charge in [0.1, 0.15) is 0 Å². The lowest BCUT2D eigenvalue weighted by atomic mass is 9.85. The van der Waals surface area contributed by atoms with Gasteiger partial charge in [0, 0.05) is 5.54 Å². The van der Waals surface area contributed by atoms with E-state index >= 15 is 0 Å². The second-order valence-electron chi connectivity index (χ2n) is 5.69. The number of hydrogen-bond acceptors (Lipinski definition) is 2. The topological polar surface area (TPSA) is 32.3 Å². The summed E-state index contributed by atoms with van der Waals surface area (Å²) in [6.07, 6.45) is 2.73. The highest BCUT2D eigenvalue weighted by Gasteiger charge is 2.29. The molecule has 2 rings (SSSR count). The van der Waals surface area contributed by atoms with E-state index in [1.54, 1.807) is 0 Å². The zero-order chi connectivity index (χ0) is 15.0. The van der Waals surface area contributed by atoms with Crippen LogP contribution in [-0.4, -0.2) is 23.8 Å². The van der Waals surface area contributed by atoms with Crippen molar-refractivity contribution in [1.82, 2.24) is 5.32 Å². The molecule has 0 fully saturated rings. The van der Waals surface area contributed by atoms with Crippen molar-refractivity contribution in [3.05, 3.63) is 71.8 Å². The van der Waals surface area contributed by atoms with Gasteiger partial charge in [-0.2, -0.15) is 0 Å². The highest BCUT2D eigenvalue weighted by Crippen LogP contribution is 2.19. The summed E-state index contributed by atoms with van der Waals surface area (Å²) >= 11 is 0. The number of benzene rings is 2. The molecule has 0 atom stereocenters. The van der Waals surface area contributed by atoms with Crippen molar-refractivity contribution in [2.24, 2.45) is 0 Å². The summed E-state index contributed by atoms with van der Waals surface area (Å²) in [6, 6.07) is 20.8. The van der Waals surface area contributed by atoms with Crippen LogP contribution in [0.15, 0.2) is 60.7 Å². The molecule has 112 valence electrons. The number of hydrogen-bond donors (Lipinski definition) is 2. The van der Waals surface area contributed by atoms with E-state index in [2.05, 4.69) is 60.8 Å². The Morgan fingerprint density at radius 2 is 1.33 bits per heavy atom. The molecule has 2 aromatic rings. The first-order valence-corrected chi connectivity index (χ1v) is 7.72. The molecule has 21 heavy (non-hydrogen) atoms. The van der Waals surface area contributed by atoms with Crippen molar-refractivity contribution in [3.8, 4) is 0 Å². The lowest BCUT2D eigenvalue weighted by Crippen LogP contribution is -2.52. The van der Waals surface area contributed by atoms with Gasteiger partial charge in [0.15, 0.2) is 0 Å². The Kier molecular flexibility index (Phi) is 5.97. The monoisotopic (exact) mass is 283 g/mol. The Hall–Kier alpha value is -1.64. The van der Waals surface area contributed by atoms with E-state index in [9.17, 15) is 5.11 Å². The van der Waals surface area contributed by atoms with Crippen LogP contribution in [0.2, 0.25) is 0 Å². The lowest BCUT2D eigenvalue weighted by Gasteiger charge is -2.34. The molecule has 0 aliphatic heterocycles. The molecular weight excluding hydrogens is 258 g/mol. The van der Waals surface area contributed by atoms with Gasteiger partial charge in [-0.1, -0.05) is 67.6 Å². The third-order valence-corrected chi connectivity index (χ3v) is 3.82. The van der Waals surface area contributed by atoms with Gasteiger partial charge in [-0.15, -0.1) is 0 Å². The minimum absolute atomic E-state index is 0.136. The first kappa shape index (κ1) is 15.7. The summed E-state index contributed by atoms with van der Waals surface area (Å²) in [7, 11) is 0. The number of aliphatic hydroxyl groups is 1. The highest BCUT2D eigenvalue weighted by molar-refractivity contribution is 5.23. The van der Waals surface area contributed by atoms with Crippen LogP contribution >= 0.6 is 0 Å². The zero-order valence-electron chi connectivity index (χ0n) is 12.8. The molecule has 2 aromatic carbocycles. The van der Waals surface area contributed by atoms with Gasteiger partial charge in [0.25, 0.3) is 0 Å². The van der Waals surface area contributed by atoms with E-state index < -0.39 is 0 Å². The molecule has 0 aromatic heterocycles. The molecule has 2 heteroatoms. The zero-order valence-corrected chi connectivity index (χ0v) is 12.8. The summed E-state index contributed by atoms with van der Waals surface area (Å²) in [5.41, 5.74) is 2.22. The summed E-state index contributed by atoms with van der Waals surface area (Å²) in [5, 5.41) is 13.6. The summed E-state index contributed by atoms with van der Waals surface area (Å²) in [4.78, 5) is 0. The van der Waals surface area contributed by atoms with Crippen LogP contribution in [0.4, 0.5) is 0 Å². The third kappa shape index (κ3) is 4.69. The average molecular weight is 283 g/mol. The Balaban J connectivity index is 2.20. The van der Waals surface area contributed by atoms with Gasteiger partial charge < -0.3 is 10.4 Å². The molecule has 2 nitrogen and oxygen atoms in total. The molecule has 0 unspecified atom stereocenters. The fourth-order valence-corrected chi connectivity index (χ4v) is 2.72. The van der Waals surface area contributed by atoms with Crippen molar-refractivity contribution in [2.45, 2.75) is 31.7 Å². The maximum Gasteiger partial charge on any atom is 0.0619 e. The van der Waals surface area contributed by atoms with Gasteiger partial charge in [-0.25, -0.2) is 0 Å². The minimum atomic E-state index is -0.293. The second-order valence-corrected chi connectivity index (χ2v) is 5.69. The fraction of sp³-hybridized carbons (Fsp3) is 0.368.